The van der Waals surface area contributed by atoms with Crippen LogP contribution in [0.25, 0.3) is 11.2 Å². The molecule has 2 heterocycles. The molecule has 0 aliphatic heterocycles. The van der Waals surface area contributed by atoms with Gasteiger partial charge >= 0.3 is 5.69 Å². The van der Waals surface area contributed by atoms with Crippen molar-refractivity contribution in [2.24, 2.45) is 18.8 Å². The number of hydrogen-bond acceptors (Lipinski definition) is 5. The van der Waals surface area contributed by atoms with Crippen molar-refractivity contribution in [2.45, 2.75) is 26.8 Å². The van der Waals surface area contributed by atoms with Gasteiger partial charge in [-0.1, -0.05) is 13.8 Å². The molecule has 0 aliphatic rings. The fraction of sp³-hybridized carbons (Fsp3) is 0.545. The Morgan fingerprint density at radius 3 is 2.68 bits per heavy atom. The smallest absolute Gasteiger partial charge is 0.303 e. The first kappa shape index (κ1) is 13.3. The lowest BCUT2D eigenvalue weighted by Gasteiger charge is -2.09. The number of nitrogens with zero attached hydrogens (tertiary/aromatic N) is 3. The maximum Gasteiger partial charge on any atom is 0.329 e. The van der Waals surface area contributed by atoms with Gasteiger partial charge in [-0.2, -0.15) is 4.98 Å². The lowest BCUT2D eigenvalue weighted by atomic mass is 10.1. The SMILES string of the molecule is CC(C)CCn1c(NN)nc2c1c(=O)[nH]c(=O)n2C. The summed E-state index contributed by atoms with van der Waals surface area (Å²) in [6, 6.07) is 0. The van der Waals surface area contributed by atoms with E-state index in [1.807, 2.05) is 0 Å². The molecule has 8 nitrogen and oxygen atoms in total. The number of nitrogens with one attached hydrogen (secondary N) is 2. The molecule has 0 unspecified atom stereocenters. The quantitative estimate of drug-likeness (QED) is 0.522. The third kappa shape index (κ3) is 2.26. The van der Waals surface area contributed by atoms with Crippen LogP contribution in [-0.2, 0) is 13.6 Å². The van der Waals surface area contributed by atoms with E-state index < -0.39 is 11.2 Å². The van der Waals surface area contributed by atoms with Gasteiger partial charge in [-0.05, 0) is 12.3 Å². The summed E-state index contributed by atoms with van der Waals surface area (Å²) < 4.78 is 3.00. The molecule has 0 fully saturated rings. The number of nitrogen functional groups attached to an aromatic ring is 1. The monoisotopic (exact) mass is 266 g/mol. The maximum atomic E-state index is 11.9. The minimum absolute atomic E-state index is 0.324. The fourth-order valence-corrected chi connectivity index (χ4v) is 1.95. The van der Waals surface area contributed by atoms with Gasteiger partial charge in [0.2, 0.25) is 5.95 Å². The molecule has 19 heavy (non-hydrogen) atoms. The Kier molecular flexibility index (Phi) is 3.43. The van der Waals surface area contributed by atoms with Gasteiger partial charge < -0.3 is 4.57 Å². The first-order chi connectivity index (χ1) is 8.95. The number of H-pyrrole nitrogens is 1. The molecule has 104 valence electrons. The van der Waals surface area contributed by atoms with Crippen LogP contribution in [0.15, 0.2) is 9.59 Å². The van der Waals surface area contributed by atoms with Crippen LogP contribution >= 0.6 is 0 Å². The molecule has 0 aliphatic carbocycles. The molecule has 0 bridgehead atoms. The lowest BCUT2D eigenvalue weighted by molar-refractivity contribution is 0.524. The molecule has 0 atom stereocenters. The van der Waals surface area contributed by atoms with E-state index in [0.29, 0.717) is 29.6 Å². The molecule has 0 saturated heterocycles. The number of aromatic amines is 1. The van der Waals surface area contributed by atoms with Gasteiger partial charge in [0.05, 0.1) is 0 Å². The Morgan fingerprint density at radius 2 is 2.11 bits per heavy atom. The summed E-state index contributed by atoms with van der Waals surface area (Å²) in [6.07, 6.45) is 0.877. The van der Waals surface area contributed by atoms with Crippen molar-refractivity contribution >= 4 is 17.1 Å². The first-order valence-corrected chi connectivity index (χ1v) is 6.11. The topological polar surface area (TPSA) is 111 Å². The van der Waals surface area contributed by atoms with Gasteiger partial charge in [-0.15, -0.1) is 0 Å². The van der Waals surface area contributed by atoms with Crippen LogP contribution in [-0.4, -0.2) is 19.1 Å². The molecule has 0 spiro atoms. The van der Waals surface area contributed by atoms with Crippen LogP contribution in [0.2, 0.25) is 0 Å². The van der Waals surface area contributed by atoms with Gasteiger partial charge in [0, 0.05) is 13.6 Å². The minimum atomic E-state index is -0.491. The molecule has 2 rings (SSSR count). The Labute approximate surface area is 109 Å². The summed E-state index contributed by atoms with van der Waals surface area (Å²) in [7, 11) is 1.56. The highest BCUT2D eigenvalue weighted by Crippen LogP contribution is 2.16. The Morgan fingerprint density at radius 1 is 1.42 bits per heavy atom. The largest absolute Gasteiger partial charge is 0.329 e. The van der Waals surface area contributed by atoms with E-state index in [-0.39, 0.29) is 0 Å². The standard InChI is InChI=1S/C11H18N6O2/c1-6(2)4-5-17-7-8(13-10(17)15-12)16(3)11(19)14-9(7)18/h6H,4-5,12H2,1-3H3,(H,13,15)(H,14,18,19). The predicted octanol–water partition coefficient (Wildman–Crippen LogP) is -0.245. The highest BCUT2D eigenvalue weighted by Gasteiger charge is 2.16. The molecule has 0 radical (unpaired) electrons. The molecule has 0 saturated carbocycles. The molecule has 2 aromatic rings. The van der Waals surface area contributed by atoms with Crippen LogP contribution in [0, 0.1) is 5.92 Å². The molecule has 4 N–H and O–H groups in total. The summed E-state index contributed by atoms with van der Waals surface area (Å²) in [4.78, 5) is 30.0. The van der Waals surface area contributed by atoms with Crippen molar-refractivity contribution in [1.29, 1.82) is 0 Å². The van der Waals surface area contributed by atoms with Crippen LogP contribution in [0.4, 0.5) is 5.95 Å². The van der Waals surface area contributed by atoms with Crippen LogP contribution in [0.1, 0.15) is 20.3 Å². The minimum Gasteiger partial charge on any atom is -0.303 e. The van der Waals surface area contributed by atoms with Gasteiger partial charge in [0.25, 0.3) is 5.56 Å². The van der Waals surface area contributed by atoms with Gasteiger partial charge in [0.15, 0.2) is 11.2 Å². The number of aryl methyl sites for hydroxylation is 2. The van der Waals surface area contributed by atoms with Crippen molar-refractivity contribution < 1.29 is 0 Å². The zero-order valence-electron chi connectivity index (χ0n) is 11.2. The number of anilines is 1. The van der Waals surface area contributed by atoms with Crippen LogP contribution in [0.5, 0.6) is 0 Å². The molecule has 0 aromatic carbocycles. The molecular weight excluding hydrogens is 248 g/mol. The summed E-state index contributed by atoms with van der Waals surface area (Å²) in [5, 5.41) is 0. The van der Waals surface area contributed by atoms with Gasteiger partial charge in [-0.25, -0.2) is 10.6 Å². The Hall–Kier alpha value is -2.09. The zero-order valence-corrected chi connectivity index (χ0v) is 11.2. The van der Waals surface area contributed by atoms with E-state index in [1.54, 1.807) is 11.6 Å². The van der Waals surface area contributed by atoms with E-state index in [4.69, 9.17) is 5.84 Å². The summed E-state index contributed by atoms with van der Waals surface area (Å²) in [5.74, 6) is 6.28. The number of hydrogen-bond donors (Lipinski definition) is 3. The number of hydrazine groups is 1. The third-order valence-electron chi connectivity index (χ3n) is 3.07. The normalized spacial score (nSPS) is 11.4. The number of imidazole rings is 1. The highest BCUT2D eigenvalue weighted by molar-refractivity contribution is 5.73. The second kappa shape index (κ2) is 4.88. The fourth-order valence-electron chi connectivity index (χ4n) is 1.95. The van der Waals surface area contributed by atoms with Crippen molar-refractivity contribution in [3.8, 4) is 0 Å². The van der Waals surface area contributed by atoms with E-state index in [0.717, 1.165) is 6.42 Å². The average Bonchev–Trinajstić information content (AvgIpc) is 2.72. The second-order valence-electron chi connectivity index (χ2n) is 4.90. The van der Waals surface area contributed by atoms with E-state index in [1.165, 1.54) is 4.57 Å². The molecular formula is C11H18N6O2. The highest BCUT2D eigenvalue weighted by atomic mass is 16.2. The maximum absolute atomic E-state index is 11.9. The van der Waals surface area contributed by atoms with Crippen LogP contribution in [0.3, 0.4) is 0 Å². The Bertz CT molecular complexity index is 708. The van der Waals surface area contributed by atoms with E-state index in [2.05, 4.69) is 29.2 Å². The van der Waals surface area contributed by atoms with Crippen molar-refractivity contribution in [3.05, 3.63) is 20.8 Å². The summed E-state index contributed by atoms with van der Waals surface area (Å²) in [5.41, 5.74) is 2.21. The lowest BCUT2D eigenvalue weighted by Crippen LogP contribution is -2.29. The number of aromatic nitrogens is 4. The Balaban J connectivity index is 2.70. The van der Waals surface area contributed by atoms with E-state index in [9.17, 15) is 9.59 Å². The molecule has 8 heteroatoms. The average molecular weight is 266 g/mol. The first-order valence-electron chi connectivity index (χ1n) is 6.11. The van der Waals surface area contributed by atoms with E-state index >= 15 is 0 Å². The molecule has 2 aromatic heterocycles. The third-order valence-corrected chi connectivity index (χ3v) is 3.07. The van der Waals surface area contributed by atoms with Crippen molar-refractivity contribution in [2.75, 3.05) is 5.43 Å². The van der Waals surface area contributed by atoms with Crippen LogP contribution < -0.4 is 22.5 Å². The number of fused-ring (bicyclic) bond motifs is 1. The summed E-state index contributed by atoms with van der Waals surface area (Å²) >= 11 is 0. The zero-order chi connectivity index (χ0) is 14.2. The van der Waals surface area contributed by atoms with Gasteiger partial charge in [0.1, 0.15) is 0 Å². The summed E-state index contributed by atoms with van der Waals surface area (Å²) in [6.45, 7) is 4.79. The number of rotatable bonds is 4. The van der Waals surface area contributed by atoms with Crippen molar-refractivity contribution in [1.82, 2.24) is 19.1 Å². The van der Waals surface area contributed by atoms with Gasteiger partial charge in [-0.3, -0.25) is 19.8 Å². The molecule has 0 amide bonds. The predicted molar refractivity (Wildman–Crippen MR) is 72.9 cm³/mol. The van der Waals surface area contributed by atoms with Crippen molar-refractivity contribution in [3.63, 3.8) is 0 Å². The second-order valence-corrected chi connectivity index (χ2v) is 4.90. The number of nitrogens with two attached hydrogens (primary N) is 1.